The van der Waals surface area contributed by atoms with E-state index in [2.05, 4.69) is 51.1 Å². The fourth-order valence-electron chi connectivity index (χ4n) is 2.78. The van der Waals surface area contributed by atoms with Crippen LogP contribution in [0.15, 0.2) is 30.3 Å². The lowest BCUT2D eigenvalue weighted by Gasteiger charge is -2.04. The fraction of sp³-hybridized carbons (Fsp3) is 0.333. The fourth-order valence-corrected chi connectivity index (χ4v) is 2.78. The van der Waals surface area contributed by atoms with Gasteiger partial charge in [0.2, 0.25) is 0 Å². The van der Waals surface area contributed by atoms with Crippen molar-refractivity contribution in [2.45, 2.75) is 40.5 Å². The Bertz CT molecular complexity index is 782. The molecule has 1 aromatic carbocycles. The maximum absolute atomic E-state index is 4.74. The van der Waals surface area contributed by atoms with Gasteiger partial charge in [-0.25, -0.2) is 9.50 Å². The number of fused-ring (bicyclic) bond motifs is 1. The average Bonchev–Trinajstić information content (AvgIpc) is 2.80. The predicted octanol–water partition coefficient (Wildman–Crippen LogP) is 3.81. The third-order valence-corrected chi connectivity index (χ3v) is 3.91. The maximum Gasteiger partial charge on any atom is 0.159 e. The molecule has 3 heteroatoms. The number of aryl methyl sites for hydroxylation is 4. The van der Waals surface area contributed by atoms with Crippen LogP contribution in [0.4, 0.5) is 0 Å². The SMILES string of the molecule is CCc1nn2c(C)cc(C)nc2c1Cc1ccc(C)cc1. The van der Waals surface area contributed by atoms with Gasteiger partial charge < -0.3 is 0 Å². The molecule has 2 aromatic heterocycles. The third-order valence-electron chi connectivity index (χ3n) is 3.91. The molecule has 3 aromatic rings. The van der Waals surface area contributed by atoms with Crippen molar-refractivity contribution in [2.75, 3.05) is 0 Å². The smallest absolute Gasteiger partial charge is 0.159 e. The molecular weight excluding hydrogens is 258 g/mol. The molecule has 0 aliphatic rings. The minimum Gasteiger partial charge on any atom is -0.234 e. The Kier molecular flexibility index (Phi) is 3.50. The van der Waals surface area contributed by atoms with Crippen molar-refractivity contribution >= 4 is 5.65 Å². The molecule has 0 unspecified atom stereocenters. The van der Waals surface area contributed by atoms with E-state index < -0.39 is 0 Å². The van der Waals surface area contributed by atoms with Crippen molar-refractivity contribution in [2.24, 2.45) is 0 Å². The number of hydrogen-bond acceptors (Lipinski definition) is 2. The lowest BCUT2D eigenvalue weighted by molar-refractivity contribution is 0.849. The number of benzene rings is 1. The summed E-state index contributed by atoms with van der Waals surface area (Å²) in [5.41, 5.74) is 8.20. The minimum absolute atomic E-state index is 0.892. The van der Waals surface area contributed by atoms with Crippen LogP contribution in [0.25, 0.3) is 5.65 Å². The van der Waals surface area contributed by atoms with Gasteiger partial charge in [-0.15, -0.1) is 0 Å². The van der Waals surface area contributed by atoms with E-state index in [1.807, 2.05) is 11.4 Å². The zero-order valence-corrected chi connectivity index (χ0v) is 13.1. The summed E-state index contributed by atoms with van der Waals surface area (Å²) in [5.74, 6) is 0. The Hall–Kier alpha value is -2.16. The Balaban J connectivity index is 2.13. The summed E-state index contributed by atoms with van der Waals surface area (Å²) in [6, 6.07) is 10.8. The molecule has 0 spiro atoms. The summed E-state index contributed by atoms with van der Waals surface area (Å²) in [6.07, 6.45) is 1.83. The van der Waals surface area contributed by atoms with E-state index >= 15 is 0 Å². The molecule has 21 heavy (non-hydrogen) atoms. The summed E-state index contributed by atoms with van der Waals surface area (Å²) in [6.45, 7) is 8.40. The van der Waals surface area contributed by atoms with Gasteiger partial charge in [0, 0.05) is 23.4 Å². The van der Waals surface area contributed by atoms with E-state index in [0.29, 0.717) is 0 Å². The van der Waals surface area contributed by atoms with Crippen LogP contribution in [0.1, 0.15) is 40.7 Å². The number of rotatable bonds is 3. The van der Waals surface area contributed by atoms with Crippen LogP contribution < -0.4 is 0 Å². The Morgan fingerprint density at radius 2 is 1.76 bits per heavy atom. The molecule has 0 saturated heterocycles. The van der Waals surface area contributed by atoms with E-state index in [-0.39, 0.29) is 0 Å². The summed E-state index contributed by atoms with van der Waals surface area (Å²) < 4.78 is 1.98. The molecule has 0 fully saturated rings. The van der Waals surface area contributed by atoms with Crippen molar-refractivity contribution in [1.82, 2.24) is 14.6 Å². The molecule has 3 nitrogen and oxygen atoms in total. The van der Waals surface area contributed by atoms with Gasteiger partial charge in [-0.05, 0) is 38.8 Å². The van der Waals surface area contributed by atoms with Gasteiger partial charge >= 0.3 is 0 Å². The number of nitrogens with zero attached hydrogens (tertiary/aromatic N) is 3. The Morgan fingerprint density at radius 3 is 2.43 bits per heavy atom. The van der Waals surface area contributed by atoms with Crippen molar-refractivity contribution in [3.8, 4) is 0 Å². The van der Waals surface area contributed by atoms with Crippen LogP contribution in [0.3, 0.4) is 0 Å². The molecule has 0 amide bonds. The summed E-state index contributed by atoms with van der Waals surface area (Å²) >= 11 is 0. The highest BCUT2D eigenvalue weighted by atomic mass is 15.3. The monoisotopic (exact) mass is 279 g/mol. The standard InChI is InChI=1S/C18H21N3/c1-5-17-16(11-15-8-6-12(2)7-9-15)18-19-13(3)10-14(4)21(18)20-17/h6-10H,5,11H2,1-4H3. The second-order valence-corrected chi connectivity index (χ2v) is 5.72. The van der Waals surface area contributed by atoms with Gasteiger partial charge in [-0.3, -0.25) is 0 Å². The van der Waals surface area contributed by atoms with Crippen molar-refractivity contribution < 1.29 is 0 Å². The van der Waals surface area contributed by atoms with E-state index in [9.17, 15) is 0 Å². The highest BCUT2D eigenvalue weighted by Gasteiger charge is 2.14. The summed E-state index contributed by atoms with van der Waals surface area (Å²) in [4.78, 5) is 4.72. The van der Waals surface area contributed by atoms with Crippen molar-refractivity contribution in [3.05, 3.63) is 64.1 Å². The molecule has 0 bridgehead atoms. The number of hydrogen-bond donors (Lipinski definition) is 0. The zero-order valence-electron chi connectivity index (χ0n) is 13.1. The Morgan fingerprint density at radius 1 is 1.05 bits per heavy atom. The first kappa shape index (κ1) is 13.8. The van der Waals surface area contributed by atoms with Crippen LogP contribution in [0.2, 0.25) is 0 Å². The quantitative estimate of drug-likeness (QED) is 0.730. The zero-order chi connectivity index (χ0) is 15.0. The first-order chi connectivity index (χ1) is 10.1. The lowest BCUT2D eigenvalue weighted by Crippen LogP contribution is -1.98. The summed E-state index contributed by atoms with van der Waals surface area (Å²) in [5, 5.41) is 4.74. The predicted molar refractivity (Wildman–Crippen MR) is 85.8 cm³/mol. The lowest BCUT2D eigenvalue weighted by atomic mass is 10.0. The molecule has 3 rings (SSSR count). The highest BCUT2D eigenvalue weighted by molar-refractivity contribution is 5.53. The van der Waals surface area contributed by atoms with Crippen LogP contribution in [-0.2, 0) is 12.8 Å². The van der Waals surface area contributed by atoms with Crippen LogP contribution >= 0.6 is 0 Å². The highest BCUT2D eigenvalue weighted by Crippen LogP contribution is 2.21. The van der Waals surface area contributed by atoms with Gasteiger partial charge in [-0.2, -0.15) is 5.10 Å². The number of aromatic nitrogens is 3. The van der Waals surface area contributed by atoms with Gasteiger partial charge in [0.25, 0.3) is 0 Å². The largest absolute Gasteiger partial charge is 0.234 e. The Labute approximate surface area is 125 Å². The van der Waals surface area contributed by atoms with Gasteiger partial charge in [-0.1, -0.05) is 36.8 Å². The summed E-state index contributed by atoms with van der Waals surface area (Å²) in [7, 11) is 0. The molecule has 0 N–H and O–H groups in total. The second kappa shape index (κ2) is 5.32. The molecule has 2 heterocycles. The van der Waals surface area contributed by atoms with Gasteiger partial charge in [0.15, 0.2) is 5.65 Å². The normalized spacial score (nSPS) is 11.2. The molecule has 0 atom stereocenters. The molecule has 108 valence electrons. The van der Waals surface area contributed by atoms with E-state index in [1.54, 1.807) is 0 Å². The first-order valence-electron chi connectivity index (χ1n) is 7.48. The van der Waals surface area contributed by atoms with E-state index in [4.69, 9.17) is 10.1 Å². The van der Waals surface area contributed by atoms with E-state index in [1.165, 1.54) is 16.7 Å². The molecule has 0 aliphatic heterocycles. The van der Waals surface area contributed by atoms with Gasteiger partial charge in [0.05, 0.1) is 5.69 Å². The molecule has 0 aliphatic carbocycles. The van der Waals surface area contributed by atoms with Crippen LogP contribution in [-0.4, -0.2) is 14.6 Å². The minimum atomic E-state index is 0.892. The average molecular weight is 279 g/mol. The van der Waals surface area contributed by atoms with Crippen molar-refractivity contribution in [1.29, 1.82) is 0 Å². The third kappa shape index (κ3) is 2.56. The molecular formula is C18H21N3. The van der Waals surface area contributed by atoms with Crippen molar-refractivity contribution in [3.63, 3.8) is 0 Å². The van der Waals surface area contributed by atoms with Gasteiger partial charge in [0.1, 0.15) is 0 Å². The topological polar surface area (TPSA) is 30.2 Å². The van der Waals surface area contributed by atoms with E-state index in [0.717, 1.165) is 35.6 Å². The van der Waals surface area contributed by atoms with Crippen LogP contribution in [0, 0.1) is 20.8 Å². The van der Waals surface area contributed by atoms with Crippen LogP contribution in [0.5, 0.6) is 0 Å². The first-order valence-corrected chi connectivity index (χ1v) is 7.48. The molecule has 0 saturated carbocycles. The molecule has 0 radical (unpaired) electrons. The second-order valence-electron chi connectivity index (χ2n) is 5.72. The maximum atomic E-state index is 4.74.